The van der Waals surface area contributed by atoms with Gasteiger partial charge in [-0.2, -0.15) is 0 Å². The standard InChI is InChI=1S/C58H65BN2/c1-55(2,3)39-19-25-43(26-20-39)60-49-29-23-41(57(7,8)9)34-47(49)59-48-35-42(58(10,11)12)24-30-50(48)61(44-27-21-40(22-28-44)56(4,5)6)52-33-38(32-51(60)54(52)59)53-45-17-13-15-36(45)31-37-16-14-18-46(37)53/h19-35H,13-18H2,1-12H3. The van der Waals surface area contributed by atoms with Crippen LogP contribution in [0.5, 0.6) is 0 Å². The molecule has 4 aliphatic rings. The Hall–Kier alpha value is -5.02. The van der Waals surface area contributed by atoms with Gasteiger partial charge in [0.2, 0.25) is 0 Å². The molecule has 0 fully saturated rings. The minimum atomic E-state index is 0.000831. The molecule has 6 aromatic rings. The van der Waals surface area contributed by atoms with Gasteiger partial charge in [-0.15, -0.1) is 0 Å². The lowest BCUT2D eigenvalue weighted by molar-refractivity contribution is 0.590. The van der Waals surface area contributed by atoms with Gasteiger partial charge in [0, 0.05) is 34.1 Å². The number of rotatable bonds is 3. The maximum atomic E-state index is 2.63. The van der Waals surface area contributed by atoms with Gasteiger partial charge in [0.15, 0.2) is 0 Å². The molecule has 0 aromatic heterocycles. The van der Waals surface area contributed by atoms with Crippen molar-refractivity contribution in [3.63, 3.8) is 0 Å². The van der Waals surface area contributed by atoms with E-state index >= 15 is 0 Å². The van der Waals surface area contributed by atoms with E-state index < -0.39 is 0 Å². The van der Waals surface area contributed by atoms with Crippen molar-refractivity contribution in [1.82, 2.24) is 0 Å². The molecule has 0 amide bonds. The summed E-state index contributed by atoms with van der Waals surface area (Å²) >= 11 is 0. The van der Waals surface area contributed by atoms with Crippen molar-refractivity contribution in [3.05, 3.63) is 148 Å². The van der Waals surface area contributed by atoms with E-state index in [1.54, 1.807) is 22.3 Å². The van der Waals surface area contributed by atoms with E-state index in [1.165, 1.54) is 122 Å². The molecule has 0 bridgehead atoms. The molecule has 6 aromatic carbocycles. The normalized spacial score (nSPS) is 15.7. The van der Waals surface area contributed by atoms with E-state index in [0.717, 1.165) is 0 Å². The topological polar surface area (TPSA) is 6.48 Å². The molecule has 2 aliphatic carbocycles. The van der Waals surface area contributed by atoms with Crippen LogP contribution in [-0.2, 0) is 47.3 Å². The van der Waals surface area contributed by atoms with Crippen molar-refractivity contribution in [2.45, 2.75) is 143 Å². The van der Waals surface area contributed by atoms with E-state index in [2.05, 4.69) is 196 Å². The van der Waals surface area contributed by atoms with Crippen LogP contribution in [0.1, 0.15) is 140 Å². The van der Waals surface area contributed by atoms with Crippen LogP contribution < -0.4 is 26.2 Å². The highest BCUT2D eigenvalue weighted by Gasteiger charge is 2.45. The molecule has 0 saturated heterocycles. The molecule has 3 heteroatoms. The van der Waals surface area contributed by atoms with Gasteiger partial charge < -0.3 is 9.80 Å². The number of hydrogen-bond donors (Lipinski definition) is 0. The average molecular weight is 801 g/mol. The fourth-order valence-electron chi connectivity index (χ4n) is 11.0. The molecule has 2 nitrogen and oxygen atoms in total. The first-order chi connectivity index (χ1) is 28.8. The highest BCUT2D eigenvalue weighted by Crippen LogP contribution is 2.50. The molecule has 0 saturated carbocycles. The molecule has 2 aliphatic heterocycles. The zero-order valence-corrected chi connectivity index (χ0v) is 39.0. The summed E-state index contributed by atoms with van der Waals surface area (Å²) in [6.45, 7) is 28.1. The summed E-state index contributed by atoms with van der Waals surface area (Å²) in [6.07, 6.45) is 7.22. The van der Waals surface area contributed by atoms with Crippen LogP contribution in [0.25, 0.3) is 11.1 Å². The number of fused-ring (bicyclic) bond motifs is 6. The Bertz CT molecular complexity index is 2540. The highest BCUT2D eigenvalue weighted by molar-refractivity contribution is 7.00. The Labute approximate surface area is 367 Å². The quantitative estimate of drug-likeness (QED) is 0.164. The third-order valence-electron chi connectivity index (χ3n) is 14.5. The van der Waals surface area contributed by atoms with E-state index in [4.69, 9.17) is 0 Å². The summed E-state index contributed by atoms with van der Waals surface area (Å²) < 4.78 is 0. The maximum Gasteiger partial charge on any atom is 0.252 e. The first-order valence-electron chi connectivity index (χ1n) is 23.2. The monoisotopic (exact) mass is 801 g/mol. The van der Waals surface area contributed by atoms with Crippen LogP contribution in [0.15, 0.2) is 103 Å². The summed E-state index contributed by atoms with van der Waals surface area (Å²) in [4.78, 5) is 5.27. The summed E-state index contributed by atoms with van der Waals surface area (Å²) in [5, 5.41) is 0. The van der Waals surface area contributed by atoms with Crippen LogP contribution in [-0.4, -0.2) is 6.71 Å². The molecule has 2 heterocycles. The van der Waals surface area contributed by atoms with Crippen molar-refractivity contribution in [1.29, 1.82) is 0 Å². The van der Waals surface area contributed by atoms with Gasteiger partial charge in [0.05, 0.1) is 0 Å². The molecule has 310 valence electrons. The summed E-state index contributed by atoms with van der Waals surface area (Å²) in [5.41, 5.74) is 26.7. The fourth-order valence-corrected chi connectivity index (χ4v) is 11.0. The van der Waals surface area contributed by atoms with E-state index in [0.29, 0.717) is 0 Å². The van der Waals surface area contributed by atoms with Gasteiger partial charge in [-0.25, -0.2) is 0 Å². The number of benzene rings is 6. The molecular weight excluding hydrogens is 735 g/mol. The van der Waals surface area contributed by atoms with Gasteiger partial charge in [-0.3, -0.25) is 0 Å². The van der Waals surface area contributed by atoms with E-state index in [1.807, 2.05) is 0 Å². The van der Waals surface area contributed by atoms with Crippen molar-refractivity contribution >= 4 is 57.2 Å². The maximum absolute atomic E-state index is 2.63. The van der Waals surface area contributed by atoms with Crippen molar-refractivity contribution < 1.29 is 0 Å². The predicted octanol–water partition coefficient (Wildman–Crippen LogP) is 13.6. The average Bonchev–Trinajstić information content (AvgIpc) is 3.88. The predicted molar refractivity (Wildman–Crippen MR) is 265 cm³/mol. The fraction of sp³-hybridized carbons (Fsp3) is 0.379. The highest BCUT2D eigenvalue weighted by atomic mass is 15.2. The first kappa shape index (κ1) is 40.1. The van der Waals surface area contributed by atoms with Gasteiger partial charge in [-0.1, -0.05) is 138 Å². The molecule has 10 rings (SSSR count). The zero-order chi connectivity index (χ0) is 43.0. The van der Waals surface area contributed by atoms with Crippen LogP contribution in [0.3, 0.4) is 0 Å². The van der Waals surface area contributed by atoms with Crippen molar-refractivity contribution in [3.8, 4) is 11.1 Å². The Morgan fingerprint density at radius 3 is 1.15 bits per heavy atom. The summed E-state index contributed by atoms with van der Waals surface area (Å²) in [5.74, 6) is 0. The summed E-state index contributed by atoms with van der Waals surface area (Å²) in [7, 11) is 0. The second-order valence-electron chi connectivity index (χ2n) is 22.9. The van der Waals surface area contributed by atoms with Gasteiger partial charge in [0.1, 0.15) is 0 Å². The molecule has 0 atom stereocenters. The second kappa shape index (κ2) is 13.7. The zero-order valence-electron chi connectivity index (χ0n) is 39.0. The molecule has 61 heavy (non-hydrogen) atoms. The van der Waals surface area contributed by atoms with E-state index in [9.17, 15) is 0 Å². The second-order valence-corrected chi connectivity index (χ2v) is 22.9. The Kier molecular flexibility index (Phi) is 9.03. The Morgan fingerprint density at radius 1 is 0.393 bits per heavy atom. The number of nitrogens with zero attached hydrogens (tertiary/aromatic N) is 2. The van der Waals surface area contributed by atoms with Gasteiger partial charge in [-0.05, 0) is 181 Å². The van der Waals surface area contributed by atoms with Crippen LogP contribution in [0.2, 0.25) is 0 Å². The van der Waals surface area contributed by atoms with Crippen molar-refractivity contribution in [2.75, 3.05) is 9.80 Å². The third-order valence-corrected chi connectivity index (χ3v) is 14.5. The first-order valence-corrected chi connectivity index (χ1v) is 23.2. The third kappa shape index (κ3) is 6.60. The number of anilines is 6. The van der Waals surface area contributed by atoms with Crippen molar-refractivity contribution in [2.24, 2.45) is 0 Å². The van der Waals surface area contributed by atoms with Crippen LogP contribution in [0, 0.1) is 0 Å². The van der Waals surface area contributed by atoms with Crippen LogP contribution >= 0.6 is 0 Å². The van der Waals surface area contributed by atoms with E-state index in [-0.39, 0.29) is 28.4 Å². The number of aryl methyl sites for hydroxylation is 2. The summed E-state index contributed by atoms with van der Waals surface area (Å²) in [6, 6.07) is 41.7. The molecule has 0 spiro atoms. The smallest absolute Gasteiger partial charge is 0.252 e. The van der Waals surface area contributed by atoms with Gasteiger partial charge in [0.25, 0.3) is 6.71 Å². The molecule has 0 N–H and O–H groups in total. The molecule has 0 radical (unpaired) electrons. The molecular formula is C58H65BN2. The Balaban J connectivity index is 1.34. The van der Waals surface area contributed by atoms with Gasteiger partial charge >= 0.3 is 0 Å². The lowest BCUT2D eigenvalue weighted by atomic mass is 9.33. The lowest BCUT2D eigenvalue weighted by Crippen LogP contribution is -2.61. The minimum absolute atomic E-state index is 0.000831. The minimum Gasteiger partial charge on any atom is -0.311 e. The molecule has 0 unspecified atom stereocenters. The number of hydrogen-bond acceptors (Lipinski definition) is 2. The van der Waals surface area contributed by atoms with Crippen LogP contribution in [0.4, 0.5) is 34.1 Å². The SMILES string of the molecule is CC(C)(C)c1ccc(N2c3ccc(C(C)(C)C)cc3B3c4cc(C(C)(C)C)ccc4N(c4ccc(C(C)(C)C)cc4)c4cc(-c5c6c(cc7c5CCC7)CCC6)cc2c43)cc1. The Morgan fingerprint density at radius 2 is 0.770 bits per heavy atom. The lowest BCUT2D eigenvalue weighted by Gasteiger charge is -2.45. The largest absolute Gasteiger partial charge is 0.311 e.